The quantitative estimate of drug-likeness (QED) is 0.582. The predicted octanol–water partition coefficient (Wildman–Crippen LogP) is 1.85. The molecule has 6 atom stereocenters. The highest BCUT2D eigenvalue weighted by atomic mass is 32.2. The first-order valence-electron chi connectivity index (χ1n) is 11.2. The molecule has 0 spiro atoms. The summed E-state index contributed by atoms with van der Waals surface area (Å²) in [7, 11) is 0.380. The van der Waals surface area contributed by atoms with Gasteiger partial charge in [0.2, 0.25) is 10.0 Å². The molecule has 0 amide bonds. The van der Waals surface area contributed by atoms with Gasteiger partial charge >= 0.3 is 0 Å². The van der Waals surface area contributed by atoms with E-state index in [0.717, 1.165) is 5.56 Å². The van der Waals surface area contributed by atoms with Crippen molar-refractivity contribution in [1.29, 1.82) is 0 Å². The summed E-state index contributed by atoms with van der Waals surface area (Å²) in [5.41, 5.74) is -0.659. The normalized spacial score (nSPS) is 35.2. The Morgan fingerprint density at radius 1 is 1.23 bits per heavy atom. The van der Waals surface area contributed by atoms with Crippen LogP contribution in [0, 0.1) is 0 Å². The van der Waals surface area contributed by atoms with Gasteiger partial charge in [0.15, 0.2) is 0 Å². The highest BCUT2D eigenvalue weighted by Crippen LogP contribution is 2.51. The van der Waals surface area contributed by atoms with E-state index in [9.17, 15) is 18.6 Å². The molecule has 2 bridgehead atoms. The van der Waals surface area contributed by atoms with Crippen LogP contribution >= 0.6 is 0 Å². The van der Waals surface area contributed by atoms with E-state index in [1.165, 1.54) is 0 Å². The van der Waals surface area contributed by atoms with Crippen LogP contribution in [-0.4, -0.2) is 78.9 Å². The van der Waals surface area contributed by atoms with E-state index in [-0.39, 0.29) is 18.5 Å². The lowest BCUT2D eigenvalue weighted by Crippen LogP contribution is -2.61. The highest BCUT2D eigenvalue weighted by molar-refractivity contribution is 7.90. The third-order valence-corrected chi connectivity index (χ3v) is 8.98. The lowest BCUT2D eigenvalue weighted by atomic mass is 9.72. The summed E-state index contributed by atoms with van der Waals surface area (Å²) in [6, 6.07) is 10.00. The Morgan fingerprint density at radius 2 is 1.87 bits per heavy atom. The summed E-state index contributed by atoms with van der Waals surface area (Å²) >= 11 is 0. The number of ether oxygens (including phenoxy) is 1. The van der Waals surface area contributed by atoms with Crippen LogP contribution in [0.2, 0.25) is 0 Å². The second kappa shape index (κ2) is 9.08. The monoisotopic (exact) mass is 454 g/mol. The number of nitrogens with zero attached hydrogens (tertiary/aromatic N) is 1. The molecule has 31 heavy (non-hydrogen) atoms. The van der Waals surface area contributed by atoms with Crippen molar-refractivity contribution in [3.8, 4) is 0 Å². The average molecular weight is 455 g/mol. The maximum atomic E-state index is 12.3. The summed E-state index contributed by atoms with van der Waals surface area (Å²) in [6.45, 7) is 5.03. The molecule has 2 saturated heterocycles. The Hall–Kier alpha value is -1.03. The molecule has 176 valence electrons. The Balaban J connectivity index is 1.96. The highest BCUT2D eigenvalue weighted by Gasteiger charge is 2.57. The van der Waals surface area contributed by atoms with Gasteiger partial charge in [-0.3, -0.25) is 0 Å². The third-order valence-electron chi connectivity index (χ3n) is 7.17. The first-order chi connectivity index (χ1) is 14.4. The van der Waals surface area contributed by atoms with E-state index in [2.05, 4.69) is 16.9 Å². The van der Waals surface area contributed by atoms with Crippen molar-refractivity contribution >= 4 is 10.0 Å². The fourth-order valence-corrected chi connectivity index (χ4v) is 5.96. The zero-order chi connectivity index (χ0) is 23.0. The number of benzene rings is 1. The van der Waals surface area contributed by atoms with Crippen LogP contribution in [0.4, 0.5) is 0 Å². The van der Waals surface area contributed by atoms with Gasteiger partial charge in [-0.1, -0.05) is 30.3 Å². The molecule has 8 heteroatoms. The zero-order valence-corrected chi connectivity index (χ0v) is 20.1. The van der Waals surface area contributed by atoms with Crippen LogP contribution in [0.15, 0.2) is 30.3 Å². The minimum absolute atomic E-state index is 0.0897. The smallest absolute Gasteiger partial charge is 0.214 e. The summed E-state index contributed by atoms with van der Waals surface area (Å²) < 4.78 is 33.7. The van der Waals surface area contributed by atoms with Gasteiger partial charge in [0.05, 0.1) is 28.7 Å². The second-order valence-electron chi connectivity index (χ2n) is 9.97. The van der Waals surface area contributed by atoms with E-state index < -0.39 is 38.7 Å². The maximum Gasteiger partial charge on any atom is 0.214 e. The van der Waals surface area contributed by atoms with E-state index in [1.807, 2.05) is 44.1 Å². The topological polar surface area (TPSA) is 99.1 Å². The van der Waals surface area contributed by atoms with Crippen molar-refractivity contribution in [1.82, 2.24) is 9.62 Å². The molecule has 7 nitrogen and oxygen atoms in total. The minimum Gasteiger partial charge on any atom is -0.389 e. The zero-order valence-electron chi connectivity index (χ0n) is 19.3. The molecule has 2 heterocycles. The van der Waals surface area contributed by atoms with Gasteiger partial charge in [-0.25, -0.2) is 13.1 Å². The lowest BCUT2D eigenvalue weighted by Gasteiger charge is -2.52. The minimum atomic E-state index is -3.51. The van der Waals surface area contributed by atoms with Gasteiger partial charge in [0, 0.05) is 12.6 Å². The summed E-state index contributed by atoms with van der Waals surface area (Å²) in [6.07, 6.45) is 0.643. The van der Waals surface area contributed by atoms with Crippen molar-refractivity contribution < 1.29 is 23.4 Å². The molecule has 2 aliphatic rings. The molecular weight excluding hydrogens is 416 g/mol. The predicted molar refractivity (Wildman–Crippen MR) is 121 cm³/mol. The Morgan fingerprint density at radius 3 is 2.45 bits per heavy atom. The van der Waals surface area contributed by atoms with E-state index in [4.69, 9.17) is 4.74 Å². The van der Waals surface area contributed by atoms with Gasteiger partial charge in [-0.2, -0.15) is 0 Å². The van der Waals surface area contributed by atoms with Crippen molar-refractivity contribution in [3.63, 3.8) is 0 Å². The van der Waals surface area contributed by atoms with Crippen molar-refractivity contribution in [3.05, 3.63) is 35.9 Å². The number of hydrogen-bond donors (Lipinski definition) is 3. The number of rotatable bonds is 7. The third kappa shape index (κ3) is 4.99. The van der Waals surface area contributed by atoms with Crippen molar-refractivity contribution in [2.75, 3.05) is 20.6 Å². The van der Waals surface area contributed by atoms with E-state index >= 15 is 0 Å². The summed E-state index contributed by atoms with van der Waals surface area (Å²) in [4.78, 5) is 2.01. The number of fused-ring (bicyclic) bond motifs is 2. The van der Waals surface area contributed by atoms with Gasteiger partial charge in [0.1, 0.15) is 0 Å². The van der Waals surface area contributed by atoms with Gasteiger partial charge in [-0.05, 0) is 72.0 Å². The molecule has 1 aromatic carbocycles. The van der Waals surface area contributed by atoms with E-state index in [1.54, 1.807) is 13.8 Å². The fourth-order valence-electron chi connectivity index (χ4n) is 5.24. The van der Waals surface area contributed by atoms with Gasteiger partial charge in [-0.15, -0.1) is 0 Å². The number of nitrogens with one attached hydrogen (secondary N) is 1. The molecular formula is C23H38N2O5S. The van der Waals surface area contributed by atoms with Crippen LogP contribution < -0.4 is 4.72 Å². The SMILES string of the molecule is CC(C)S(=O)(=O)NC[C@H](O)[C@]12CC[C@@H](N(C)C)[C@H](O)[C@](C)(C[C@@H](c3ccccc3)C1)O2. The molecule has 2 fully saturated rings. The Labute approximate surface area is 186 Å². The second-order valence-corrected chi connectivity index (χ2v) is 12.3. The van der Waals surface area contributed by atoms with Gasteiger partial charge < -0.3 is 19.8 Å². The maximum absolute atomic E-state index is 12.3. The average Bonchev–Trinajstić information content (AvgIpc) is 2.79. The van der Waals surface area contributed by atoms with Crippen LogP contribution in [0.5, 0.6) is 0 Å². The molecule has 3 N–H and O–H groups in total. The standard InChI is InChI=1S/C23H38N2O5S/c1-16(2)31(28,29)24-15-20(26)23-12-11-19(25(4)5)21(27)22(3,30-23)13-18(14-23)17-9-7-6-8-10-17/h6-10,16,18-21,24,26-27H,11-15H2,1-5H3/t18-,19-,20+,21+,22+,23+/m1/s1. The van der Waals surface area contributed by atoms with E-state index in [0.29, 0.717) is 25.7 Å². The van der Waals surface area contributed by atoms with Gasteiger partial charge in [0.25, 0.3) is 0 Å². The number of hydrogen-bond acceptors (Lipinski definition) is 6. The summed E-state index contributed by atoms with van der Waals surface area (Å²) in [5, 5.41) is 22.0. The fraction of sp³-hybridized carbons (Fsp3) is 0.739. The molecule has 0 unspecified atom stereocenters. The molecule has 3 rings (SSSR count). The number of sulfonamides is 1. The molecule has 0 radical (unpaired) electrons. The Bertz CT molecular complexity index is 847. The van der Waals surface area contributed by atoms with Crippen molar-refractivity contribution in [2.45, 2.75) is 87.1 Å². The largest absolute Gasteiger partial charge is 0.389 e. The molecule has 2 aliphatic heterocycles. The first kappa shape index (κ1) is 24.6. The number of aliphatic hydroxyl groups excluding tert-OH is 2. The first-order valence-corrected chi connectivity index (χ1v) is 12.7. The Kier molecular flexibility index (Phi) is 7.21. The molecule has 0 saturated carbocycles. The van der Waals surface area contributed by atoms with Crippen molar-refractivity contribution in [2.24, 2.45) is 0 Å². The number of aliphatic hydroxyl groups is 2. The summed E-state index contributed by atoms with van der Waals surface area (Å²) in [5.74, 6) is 0.0897. The van der Waals surface area contributed by atoms with Crippen LogP contribution in [0.1, 0.15) is 57.9 Å². The van der Waals surface area contributed by atoms with Crippen LogP contribution in [-0.2, 0) is 14.8 Å². The van der Waals surface area contributed by atoms with Crippen LogP contribution in [0.25, 0.3) is 0 Å². The van der Waals surface area contributed by atoms with Crippen LogP contribution in [0.3, 0.4) is 0 Å². The lowest BCUT2D eigenvalue weighted by molar-refractivity contribution is -0.250. The molecule has 0 aromatic heterocycles. The number of likely N-dealkylation sites (N-methyl/N-ethyl adjacent to an activating group) is 1. The molecule has 1 aromatic rings. The molecule has 0 aliphatic carbocycles.